The molecule has 5 nitrogen and oxygen atoms in total. The first-order valence-electron chi connectivity index (χ1n) is 9.10. The van der Waals surface area contributed by atoms with E-state index in [1.54, 1.807) is 19.1 Å². The van der Waals surface area contributed by atoms with Crippen molar-refractivity contribution in [2.75, 3.05) is 0 Å². The summed E-state index contributed by atoms with van der Waals surface area (Å²) in [6.45, 7) is 1.67. The van der Waals surface area contributed by atoms with E-state index in [2.05, 4.69) is 10.3 Å². The fourth-order valence-electron chi connectivity index (χ4n) is 3.09. The summed E-state index contributed by atoms with van der Waals surface area (Å²) in [6.07, 6.45) is 1.40. The highest BCUT2D eigenvalue weighted by Gasteiger charge is 2.14. The van der Waals surface area contributed by atoms with Crippen molar-refractivity contribution in [3.63, 3.8) is 0 Å². The molecule has 146 valence electrons. The van der Waals surface area contributed by atoms with Crippen LogP contribution in [0.25, 0.3) is 20.7 Å². The Hall–Kier alpha value is -3.32. The van der Waals surface area contributed by atoms with Gasteiger partial charge in [0.2, 0.25) is 5.91 Å². The number of carbonyl (C=O) groups is 1. The number of benzene rings is 2. The molecule has 4 aromatic rings. The molecule has 4 rings (SSSR count). The van der Waals surface area contributed by atoms with Gasteiger partial charge in [0.1, 0.15) is 17.2 Å². The third-order valence-electron chi connectivity index (χ3n) is 4.64. The molecule has 0 unspecified atom stereocenters. The van der Waals surface area contributed by atoms with Crippen molar-refractivity contribution in [1.29, 1.82) is 0 Å². The summed E-state index contributed by atoms with van der Waals surface area (Å²) < 4.78 is 14.4. The largest absolute Gasteiger partial charge is 0.348 e. The lowest BCUT2D eigenvalue weighted by molar-refractivity contribution is -0.122. The molecule has 1 N–H and O–H groups in total. The van der Waals surface area contributed by atoms with Crippen LogP contribution in [0.1, 0.15) is 18.5 Å². The molecule has 29 heavy (non-hydrogen) atoms. The molecule has 1 atom stereocenters. The van der Waals surface area contributed by atoms with Gasteiger partial charge < -0.3 is 5.32 Å². The third-order valence-corrected chi connectivity index (χ3v) is 5.73. The van der Waals surface area contributed by atoms with Crippen molar-refractivity contribution in [2.45, 2.75) is 19.5 Å². The van der Waals surface area contributed by atoms with E-state index in [0.717, 1.165) is 16.0 Å². The van der Waals surface area contributed by atoms with E-state index in [9.17, 15) is 14.0 Å². The second kappa shape index (κ2) is 7.97. The number of fused-ring (bicyclic) bond motifs is 1. The van der Waals surface area contributed by atoms with Crippen molar-refractivity contribution in [3.05, 3.63) is 88.7 Å². The topological polar surface area (TPSA) is 64.0 Å². The number of aromatic nitrogens is 2. The normalized spacial score (nSPS) is 12.1. The predicted molar refractivity (Wildman–Crippen MR) is 112 cm³/mol. The molecule has 2 aromatic heterocycles. The number of nitrogens with zero attached hydrogens (tertiary/aromatic N) is 2. The van der Waals surface area contributed by atoms with Crippen LogP contribution in [0.2, 0.25) is 0 Å². The number of hydrogen-bond donors (Lipinski definition) is 1. The Kier molecular flexibility index (Phi) is 5.22. The summed E-state index contributed by atoms with van der Waals surface area (Å²) in [7, 11) is 0. The van der Waals surface area contributed by atoms with Crippen LogP contribution in [0.4, 0.5) is 4.39 Å². The van der Waals surface area contributed by atoms with Gasteiger partial charge >= 0.3 is 0 Å². The van der Waals surface area contributed by atoms with E-state index in [-0.39, 0.29) is 29.9 Å². The molecule has 0 saturated heterocycles. The van der Waals surface area contributed by atoms with Gasteiger partial charge in [-0.25, -0.2) is 9.37 Å². The number of rotatable bonds is 5. The molecular formula is C22H18FN3O2S. The van der Waals surface area contributed by atoms with Crippen molar-refractivity contribution in [1.82, 2.24) is 14.9 Å². The molecule has 0 saturated carbocycles. The Morgan fingerprint density at radius 1 is 1.17 bits per heavy atom. The van der Waals surface area contributed by atoms with Gasteiger partial charge in [-0.3, -0.25) is 14.2 Å². The minimum atomic E-state index is -0.330. The van der Waals surface area contributed by atoms with E-state index in [1.165, 1.54) is 34.4 Å². The maximum atomic E-state index is 13.1. The molecule has 2 aromatic carbocycles. The van der Waals surface area contributed by atoms with E-state index >= 15 is 0 Å². The van der Waals surface area contributed by atoms with Crippen LogP contribution in [-0.2, 0) is 11.3 Å². The maximum absolute atomic E-state index is 13.1. The van der Waals surface area contributed by atoms with Crippen LogP contribution in [-0.4, -0.2) is 15.5 Å². The molecular weight excluding hydrogens is 389 g/mol. The second-order valence-corrected chi connectivity index (χ2v) is 7.74. The lowest BCUT2D eigenvalue weighted by Gasteiger charge is -2.14. The van der Waals surface area contributed by atoms with Crippen LogP contribution in [0, 0.1) is 5.82 Å². The Morgan fingerprint density at radius 2 is 1.90 bits per heavy atom. The molecule has 0 aliphatic rings. The van der Waals surface area contributed by atoms with Gasteiger partial charge in [0.05, 0.1) is 17.8 Å². The molecule has 0 spiro atoms. The third kappa shape index (κ3) is 4.09. The average Bonchev–Trinajstić information content (AvgIpc) is 3.16. The quantitative estimate of drug-likeness (QED) is 0.541. The minimum Gasteiger partial charge on any atom is -0.348 e. The lowest BCUT2D eigenvalue weighted by atomic mass is 10.1. The van der Waals surface area contributed by atoms with Gasteiger partial charge in [0.15, 0.2) is 0 Å². The molecule has 7 heteroatoms. The van der Waals surface area contributed by atoms with Crippen LogP contribution >= 0.6 is 11.3 Å². The number of amides is 1. The number of nitrogens with one attached hydrogen (secondary N) is 1. The zero-order valence-electron chi connectivity index (χ0n) is 15.6. The van der Waals surface area contributed by atoms with Gasteiger partial charge in [-0.1, -0.05) is 42.5 Å². The van der Waals surface area contributed by atoms with Crippen molar-refractivity contribution >= 4 is 27.5 Å². The first-order chi connectivity index (χ1) is 14.0. The first kappa shape index (κ1) is 19.0. The standard InChI is InChI=1S/C22H18FN3O2S/c1-14(15-7-9-17(23)10-8-15)25-20(27)12-26-13-24-21-18(22(26)28)11-19(29-21)16-5-3-2-4-6-16/h2-11,13-14H,12H2,1H3,(H,25,27)/t14-/m0/s1. The fourth-order valence-corrected chi connectivity index (χ4v) is 4.09. The van der Waals surface area contributed by atoms with E-state index < -0.39 is 0 Å². The lowest BCUT2D eigenvalue weighted by Crippen LogP contribution is -2.33. The number of hydrogen-bond acceptors (Lipinski definition) is 4. The van der Waals surface area contributed by atoms with Gasteiger partial charge in [0, 0.05) is 4.88 Å². The summed E-state index contributed by atoms with van der Waals surface area (Å²) >= 11 is 1.45. The Morgan fingerprint density at radius 3 is 2.62 bits per heavy atom. The van der Waals surface area contributed by atoms with E-state index in [4.69, 9.17) is 0 Å². The van der Waals surface area contributed by atoms with Gasteiger partial charge in [0.25, 0.3) is 5.56 Å². The molecule has 0 radical (unpaired) electrons. The van der Waals surface area contributed by atoms with E-state index in [0.29, 0.717) is 10.2 Å². The molecule has 0 fully saturated rings. The van der Waals surface area contributed by atoms with Crippen molar-refractivity contribution < 1.29 is 9.18 Å². The Bertz CT molecular complexity index is 1220. The Balaban J connectivity index is 1.53. The second-order valence-electron chi connectivity index (χ2n) is 6.71. The SMILES string of the molecule is C[C@H](NC(=O)Cn1cnc2sc(-c3ccccc3)cc2c1=O)c1ccc(F)cc1. The summed E-state index contributed by atoms with van der Waals surface area (Å²) in [5.41, 5.74) is 1.55. The average molecular weight is 407 g/mol. The monoisotopic (exact) mass is 407 g/mol. The van der Waals surface area contributed by atoms with Gasteiger partial charge in [-0.15, -0.1) is 11.3 Å². The van der Waals surface area contributed by atoms with Crippen LogP contribution in [0.5, 0.6) is 0 Å². The van der Waals surface area contributed by atoms with Crippen molar-refractivity contribution in [3.8, 4) is 10.4 Å². The molecule has 1 amide bonds. The van der Waals surface area contributed by atoms with Crippen LogP contribution in [0.15, 0.2) is 71.8 Å². The molecule has 2 heterocycles. The van der Waals surface area contributed by atoms with Crippen LogP contribution < -0.4 is 10.9 Å². The highest BCUT2D eigenvalue weighted by Crippen LogP contribution is 2.30. The number of halogens is 1. The molecule has 0 aliphatic carbocycles. The van der Waals surface area contributed by atoms with E-state index in [1.807, 2.05) is 36.4 Å². The minimum absolute atomic E-state index is 0.135. The summed E-state index contributed by atoms with van der Waals surface area (Å²) in [4.78, 5) is 31.2. The highest BCUT2D eigenvalue weighted by molar-refractivity contribution is 7.21. The summed E-state index contributed by atoms with van der Waals surface area (Å²) in [5, 5.41) is 3.32. The molecule has 0 aliphatic heterocycles. The smallest absolute Gasteiger partial charge is 0.262 e. The fraction of sp³-hybridized carbons (Fsp3) is 0.136. The highest BCUT2D eigenvalue weighted by atomic mass is 32.1. The predicted octanol–water partition coefficient (Wildman–Crippen LogP) is 4.14. The van der Waals surface area contributed by atoms with Gasteiger partial charge in [-0.05, 0) is 36.2 Å². The van der Waals surface area contributed by atoms with Crippen molar-refractivity contribution in [2.24, 2.45) is 0 Å². The van der Waals surface area contributed by atoms with Crippen LogP contribution in [0.3, 0.4) is 0 Å². The number of carbonyl (C=O) groups excluding carboxylic acids is 1. The zero-order valence-corrected chi connectivity index (χ0v) is 16.4. The Labute approximate surface area is 170 Å². The maximum Gasteiger partial charge on any atom is 0.262 e. The summed E-state index contributed by atoms with van der Waals surface area (Å²) in [6, 6.07) is 17.2. The summed E-state index contributed by atoms with van der Waals surface area (Å²) in [5.74, 6) is -0.646. The first-order valence-corrected chi connectivity index (χ1v) is 9.92. The number of thiophene rings is 1. The zero-order chi connectivity index (χ0) is 20.4. The molecule has 0 bridgehead atoms. The van der Waals surface area contributed by atoms with Gasteiger partial charge in [-0.2, -0.15) is 0 Å².